The van der Waals surface area contributed by atoms with Crippen molar-refractivity contribution in [2.24, 2.45) is 0 Å². The van der Waals surface area contributed by atoms with Gasteiger partial charge in [-0.15, -0.1) is 53.6 Å². The Morgan fingerprint density at radius 1 is 0.397 bits per heavy atom. The summed E-state index contributed by atoms with van der Waals surface area (Å²) in [4.78, 5) is 14.0. The molecule has 4 nitrogen and oxygen atoms in total. The number of para-hydroxylation sites is 1. The van der Waals surface area contributed by atoms with E-state index in [1.54, 1.807) is 6.20 Å². The average Bonchev–Trinajstić information content (AvgIpc) is 3.77. The van der Waals surface area contributed by atoms with Crippen molar-refractivity contribution in [2.45, 2.75) is 39.5 Å². The van der Waals surface area contributed by atoms with Gasteiger partial charge in [0.05, 0.1) is 11.4 Å². The number of benzene rings is 7. The zero-order valence-electron chi connectivity index (χ0n) is 38.4. The van der Waals surface area contributed by atoms with Gasteiger partial charge < -0.3 is 4.42 Å². The molecule has 0 aliphatic rings. The predicted molar refractivity (Wildman–Crippen MR) is 276 cm³/mol. The topological polar surface area (TPSA) is 51.8 Å². The Labute approximate surface area is 412 Å². The van der Waals surface area contributed by atoms with Gasteiger partial charge in [0.2, 0.25) is 0 Å². The normalized spacial score (nSPS) is 11.1. The molecular weight excluding hydrogens is 1010 g/mol. The molecule has 0 fully saturated rings. The summed E-state index contributed by atoms with van der Waals surface area (Å²) >= 11 is 0. The molecular formula is C63H48IrN3O. The van der Waals surface area contributed by atoms with Crippen LogP contribution in [-0.2, 0) is 20.1 Å². The van der Waals surface area contributed by atoms with Crippen LogP contribution in [0.4, 0.5) is 0 Å². The van der Waals surface area contributed by atoms with Crippen molar-refractivity contribution in [1.82, 2.24) is 15.0 Å². The van der Waals surface area contributed by atoms with Crippen LogP contribution in [0.15, 0.2) is 211 Å². The van der Waals surface area contributed by atoms with Crippen LogP contribution in [0.1, 0.15) is 50.7 Å². The van der Waals surface area contributed by atoms with Crippen LogP contribution in [0.3, 0.4) is 0 Å². The van der Waals surface area contributed by atoms with E-state index in [4.69, 9.17) is 9.40 Å². The number of pyridine rings is 3. The molecule has 0 radical (unpaired) electrons. The zero-order chi connectivity index (χ0) is 45.7. The molecule has 330 valence electrons. The third-order valence-corrected chi connectivity index (χ3v) is 12.1. The van der Waals surface area contributed by atoms with E-state index in [9.17, 15) is 0 Å². The first-order valence-electron chi connectivity index (χ1n) is 22.9. The fourth-order valence-corrected chi connectivity index (χ4v) is 8.75. The molecule has 0 saturated heterocycles. The van der Waals surface area contributed by atoms with E-state index in [2.05, 4.69) is 165 Å². The third kappa shape index (κ3) is 9.78. The summed E-state index contributed by atoms with van der Waals surface area (Å²) in [5, 5.41) is 2.25. The first kappa shape index (κ1) is 45.6. The molecule has 0 spiro atoms. The van der Waals surface area contributed by atoms with E-state index in [0.29, 0.717) is 11.8 Å². The molecule has 0 amide bonds. The van der Waals surface area contributed by atoms with Gasteiger partial charge in [-0.25, -0.2) is 5.56 Å². The molecule has 0 unspecified atom stereocenters. The molecule has 4 heterocycles. The Morgan fingerprint density at radius 3 is 1.65 bits per heavy atom. The largest absolute Gasteiger partial charge is 3.00 e. The van der Waals surface area contributed by atoms with E-state index < -0.39 is 0 Å². The van der Waals surface area contributed by atoms with Crippen molar-refractivity contribution in [1.29, 1.82) is 0 Å². The van der Waals surface area contributed by atoms with Crippen LogP contribution >= 0.6 is 0 Å². The van der Waals surface area contributed by atoms with Gasteiger partial charge in [0, 0.05) is 28.9 Å². The molecule has 5 heteroatoms. The predicted octanol–water partition coefficient (Wildman–Crippen LogP) is 16.8. The second-order valence-electron chi connectivity index (χ2n) is 17.3. The van der Waals surface area contributed by atoms with Crippen LogP contribution in [0.5, 0.6) is 0 Å². The molecule has 11 aromatic rings. The number of aromatic nitrogens is 3. The molecule has 0 atom stereocenters. The first-order chi connectivity index (χ1) is 32.9. The van der Waals surface area contributed by atoms with Crippen molar-refractivity contribution < 1.29 is 24.5 Å². The Balaban J connectivity index is 0.000000169. The minimum atomic E-state index is 0. The minimum absolute atomic E-state index is 0. The molecule has 0 aliphatic heterocycles. The van der Waals surface area contributed by atoms with Crippen LogP contribution in [0.2, 0.25) is 0 Å². The Bertz CT molecular complexity index is 3300. The summed E-state index contributed by atoms with van der Waals surface area (Å²) < 4.78 is 6.11. The minimum Gasteiger partial charge on any atom is -0.456 e. The van der Waals surface area contributed by atoms with Gasteiger partial charge >= 0.3 is 20.1 Å². The maximum absolute atomic E-state index is 6.11. The molecule has 68 heavy (non-hydrogen) atoms. The summed E-state index contributed by atoms with van der Waals surface area (Å²) in [6.07, 6.45) is 3.64. The fourth-order valence-electron chi connectivity index (χ4n) is 8.75. The van der Waals surface area contributed by atoms with Gasteiger partial charge in [0.1, 0.15) is 11.2 Å². The number of furan rings is 1. The van der Waals surface area contributed by atoms with E-state index in [-0.39, 0.29) is 20.1 Å². The van der Waals surface area contributed by atoms with Crippen molar-refractivity contribution in [2.75, 3.05) is 0 Å². The van der Waals surface area contributed by atoms with Gasteiger partial charge in [-0.2, -0.15) is 42.0 Å². The Morgan fingerprint density at radius 2 is 0.985 bits per heavy atom. The number of rotatable bonds is 9. The van der Waals surface area contributed by atoms with E-state index >= 15 is 0 Å². The molecule has 0 N–H and O–H groups in total. The molecule has 0 saturated carbocycles. The summed E-state index contributed by atoms with van der Waals surface area (Å²) in [6, 6.07) is 76.9. The smallest absolute Gasteiger partial charge is 0.456 e. The van der Waals surface area contributed by atoms with Gasteiger partial charge in [0.15, 0.2) is 0 Å². The van der Waals surface area contributed by atoms with Gasteiger partial charge in [0.25, 0.3) is 0 Å². The van der Waals surface area contributed by atoms with Crippen LogP contribution < -0.4 is 0 Å². The van der Waals surface area contributed by atoms with Crippen molar-refractivity contribution >= 4 is 21.9 Å². The second-order valence-corrected chi connectivity index (χ2v) is 17.3. The molecule has 4 aromatic heterocycles. The van der Waals surface area contributed by atoms with Crippen LogP contribution in [0, 0.1) is 18.2 Å². The van der Waals surface area contributed by atoms with Crippen molar-refractivity contribution in [3.05, 3.63) is 236 Å². The number of fused-ring (bicyclic) bond motifs is 3. The van der Waals surface area contributed by atoms with Gasteiger partial charge in [-0.3, -0.25) is 15.0 Å². The van der Waals surface area contributed by atoms with E-state index in [0.717, 1.165) is 78.1 Å². The summed E-state index contributed by atoms with van der Waals surface area (Å²) in [6.45, 7) is 9.16. The van der Waals surface area contributed by atoms with Gasteiger partial charge in [-0.1, -0.05) is 124 Å². The monoisotopic (exact) mass is 1060 g/mol. The van der Waals surface area contributed by atoms with Crippen molar-refractivity contribution in [3.63, 3.8) is 0 Å². The van der Waals surface area contributed by atoms with Crippen LogP contribution in [-0.4, -0.2) is 15.0 Å². The standard InChI is InChI=1S/C35H31N.C28H17N2O.Ir/c1-24(2)32-22-29(27-15-9-6-10-16-27)23-33(25(3)4)35(32)31-20-28(26-13-7-5-8-14-26)19-30(21-31)34-17-11-12-18-36-34;1-2-8-19(9-3-1)25-16-21(17-26(30-25)24-11-6-7-15-29-24)20-13-14-23-22-10-4-5-12-27(22)31-28(23)18-20;/h5-13,15-18,20-25H,1-4H3;1-8,10-18H;/q-2;-1;+3. The number of hydrogen-bond donors (Lipinski definition) is 0. The van der Waals surface area contributed by atoms with E-state index in [1.165, 1.54) is 33.4 Å². The summed E-state index contributed by atoms with van der Waals surface area (Å²) in [7, 11) is 0. The number of nitrogens with zero attached hydrogens (tertiary/aromatic N) is 3. The maximum Gasteiger partial charge on any atom is 3.00 e. The summed E-state index contributed by atoms with van der Waals surface area (Å²) in [5.41, 5.74) is 19.2. The molecule has 11 rings (SSSR count). The second kappa shape index (κ2) is 20.5. The van der Waals surface area contributed by atoms with E-state index in [1.807, 2.05) is 91.1 Å². The third-order valence-electron chi connectivity index (χ3n) is 12.1. The summed E-state index contributed by atoms with van der Waals surface area (Å²) in [5.74, 6) is 0.741. The molecule has 0 aliphatic carbocycles. The SMILES string of the molecule is CC(C)c1cc(-c2ccccc2)cc(C(C)C)c1-c1cc(-c2[c-]cccc2)[c-]c(-c2ccccn2)c1.[Ir+3].[c-]1ccccc1-c1cc(-c2ccc3c(c2)oc2ccccc23)cc(-c2ccccn2)n1. The molecule has 0 bridgehead atoms. The van der Waals surface area contributed by atoms with Crippen LogP contribution in [0.25, 0.3) is 100 Å². The average molecular weight is 1060 g/mol. The quantitative estimate of drug-likeness (QED) is 0.135. The number of hydrogen-bond acceptors (Lipinski definition) is 4. The fraction of sp³-hybridized carbons (Fsp3) is 0.0952. The maximum atomic E-state index is 6.11. The van der Waals surface area contributed by atoms with Gasteiger partial charge in [-0.05, 0) is 98.9 Å². The van der Waals surface area contributed by atoms with Crippen molar-refractivity contribution in [3.8, 4) is 78.4 Å². The Hall–Kier alpha value is -7.56. The molecule has 7 aromatic carbocycles. The Kier molecular flexibility index (Phi) is 13.8. The first-order valence-corrected chi connectivity index (χ1v) is 22.9. The zero-order valence-corrected chi connectivity index (χ0v) is 40.8.